The monoisotopic (exact) mass is 390 g/mol. The third-order valence-corrected chi connectivity index (χ3v) is 4.78. The molecule has 26 heavy (non-hydrogen) atoms. The van der Waals surface area contributed by atoms with Gasteiger partial charge in [-0.1, -0.05) is 26.0 Å². The summed E-state index contributed by atoms with van der Waals surface area (Å²) in [6, 6.07) is 6.48. The van der Waals surface area contributed by atoms with E-state index in [0.717, 1.165) is 12.8 Å². The summed E-state index contributed by atoms with van der Waals surface area (Å²) in [5.41, 5.74) is -4.12. The van der Waals surface area contributed by atoms with E-state index in [1.165, 1.54) is 4.90 Å². The van der Waals surface area contributed by atoms with Crippen LogP contribution in [0.3, 0.4) is 0 Å². The van der Waals surface area contributed by atoms with Crippen LogP contribution in [0.4, 0.5) is 18.9 Å². The highest BCUT2D eigenvalue weighted by Crippen LogP contribution is 2.35. The average Bonchev–Trinajstić information content (AvgIpc) is 2.62. The molecule has 1 aliphatic heterocycles. The minimum Gasteiger partial charge on any atom is -0.477 e. The zero-order chi connectivity index (χ0) is 19.3. The van der Waals surface area contributed by atoms with Crippen LogP contribution in [-0.4, -0.2) is 41.8 Å². The molecular formula is C17H21F3N2O3S. The lowest BCUT2D eigenvalue weighted by atomic mass is 10.1. The van der Waals surface area contributed by atoms with Crippen molar-refractivity contribution in [2.45, 2.75) is 44.3 Å². The van der Waals surface area contributed by atoms with Crippen LogP contribution in [0.15, 0.2) is 24.3 Å². The molecule has 0 radical (unpaired) electrons. The highest BCUT2D eigenvalue weighted by Gasteiger charge is 2.36. The minimum atomic E-state index is -4.49. The molecule has 144 valence electrons. The van der Waals surface area contributed by atoms with Gasteiger partial charge in [0, 0.05) is 6.04 Å². The summed E-state index contributed by atoms with van der Waals surface area (Å²) >= 11 is -0.395. The Bertz CT molecular complexity index is 650. The van der Waals surface area contributed by atoms with Gasteiger partial charge in [-0.15, -0.1) is 0 Å². The summed E-state index contributed by atoms with van der Waals surface area (Å²) in [5.74, 6) is -1.55. The van der Waals surface area contributed by atoms with Crippen LogP contribution in [-0.2, 0) is 9.59 Å². The molecule has 1 unspecified atom stereocenters. The van der Waals surface area contributed by atoms with E-state index in [1.54, 1.807) is 24.3 Å². The summed E-state index contributed by atoms with van der Waals surface area (Å²) in [6.45, 7) is 3.76. The highest BCUT2D eigenvalue weighted by molar-refractivity contribution is 8.00. The quantitative estimate of drug-likeness (QED) is 0.810. The lowest BCUT2D eigenvalue weighted by Crippen LogP contribution is -2.52. The van der Waals surface area contributed by atoms with Crippen molar-refractivity contribution < 1.29 is 27.5 Å². The van der Waals surface area contributed by atoms with Gasteiger partial charge in [0.05, 0.1) is 18.0 Å². The minimum absolute atomic E-state index is 0.0202. The average molecular weight is 390 g/mol. The van der Waals surface area contributed by atoms with Crippen molar-refractivity contribution >= 4 is 29.3 Å². The molecule has 1 atom stereocenters. The van der Waals surface area contributed by atoms with E-state index in [1.807, 2.05) is 13.8 Å². The molecule has 0 aliphatic carbocycles. The third kappa shape index (κ3) is 5.30. The maximum Gasteiger partial charge on any atom is 0.442 e. The Hall–Kier alpha value is -1.90. The number of ether oxygens (including phenoxy) is 1. The van der Waals surface area contributed by atoms with Gasteiger partial charge in [-0.2, -0.15) is 13.2 Å². The predicted octanol–water partition coefficient (Wildman–Crippen LogP) is 3.34. The fourth-order valence-corrected chi connectivity index (χ4v) is 3.06. The van der Waals surface area contributed by atoms with Crippen molar-refractivity contribution in [3.8, 4) is 5.75 Å². The second kappa shape index (κ2) is 8.66. The maximum atomic E-state index is 12.5. The summed E-state index contributed by atoms with van der Waals surface area (Å²) in [4.78, 5) is 26.0. The smallest absolute Gasteiger partial charge is 0.442 e. The van der Waals surface area contributed by atoms with Crippen LogP contribution in [0.2, 0.25) is 0 Å². The number of thioether (sulfide) groups is 1. The number of halogens is 3. The zero-order valence-electron chi connectivity index (χ0n) is 14.5. The first-order chi connectivity index (χ1) is 12.2. The number of para-hydroxylation sites is 2. The van der Waals surface area contributed by atoms with Gasteiger partial charge in [-0.25, -0.2) is 0 Å². The number of amides is 2. The van der Waals surface area contributed by atoms with E-state index in [2.05, 4.69) is 5.32 Å². The Balaban J connectivity index is 2.17. The largest absolute Gasteiger partial charge is 0.477 e. The number of alkyl halides is 3. The van der Waals surface area contributed by atoms with Gasteiger partial charge in [-0.3, -0.25) is 9.59 Å². The lowest BCUT2D eigenvalue weighted by Gasteiger charge is -2.34. The Morgan fingerprint density at radius 1 is 1.31 bits per heavy atom. The van der Waals surface area contributed by atoms with Gasteiger partial charge >= 0.3 is 5.51 Å². The predicted molar refractivity (Wildman–Crippen MR) is 94.2 cm³/mol. The summed E-state index contributed by atoms with van der Waals surface area (Å²) < 4.78 is 42.9. The van der Waals surface area contributed by atoms with Crippen molar-refractivity contribution in [2.24, 2.45) is 0 Å². The second-order valence-corrected chi connectivity index (χ2v) is 6.88. The van der Waals surface area contributed by atoms with E-state index in [9.17, 15) is 22.8 Å². The van der Waals surface area contributed by atoms with Gasteiger partial charge in [-0.05, 0) is 36.7 Å². The Morgan fingerprint density at radius 3 is 2.58 bits per heavy atom. The number of anilines is 1. The molecule has 1 aromatic rings. The number of nitrogens with zero attached hydrogens (tertiary/aromatic N) is 1. The fourth-order valence-electron chi connectivity index (χ4n) is 2.62. The molecule has 5 nitrogen and oxygen atoms in total. The molecular weight excluding hydrogens is 369 g/mol. The fraction of sp³-hybridized carbons (Fsp3) is 0.529. The van der Waals surface area contributed by atoms with Crippen LogP contribution >= 0.6 is 11.8 Å². The number of hydrogen-bond donors (Lipinski definition) is 1. The summed E-state index contributed by atoms with van der Waals surface area (Å²) in [7, 11) is 0. The first-order valence-electron chi connectivity index (χ1n) is 8.32. The molecule has 1 heterocycles. The first-order valence-corrected chi connectivity index (χ1v) is 9.30. The van der Waals surface area contributed by atoms with Gasteiger partial charge in [0.15, 0.2) is 6.10 Å². The van der Waals surface area contributed by atoms with E-state index in [4.69, 9.17) is 4.74 Å². The Kier molecular flexibility index (Phi) is 6.80. The van der Waals surface area contributed by atoms with Gasteiger partial charge < -0.3 is 15.0 Å². The molecule has 0 saturated carbocycles. The third-order valence-electron chi connectivity index (χ3n) is 4.06. The van der Waals surface area contributed by atoms with Crippen LogP contribution in [0.5, 0.6) is 5.75 Å². The molecule has 1 aromatic carbocycles. The van der Waals surface area contributed by atoms with Crippen molar-refractivity contribution in [2.75, 3.05) is 17.2 Å². The summed E-state index contributed by atoms with van der Waals surface area (Å²) in [6.07, 6.45) is 0.526. The zero-order valence-corrected chi connectivity index (χ0v) is 15.3. The molecule has 9 heteroatoms. The molecule has 0 aromatic heterocycles. The van der Waals surface area contributed by atoms with Crippen molar-refractivity contribution in [3.05, 3.63) is 24.3 Å². The van der Waals surface area contributed by atoms with E-state index in [-0.39, 0.29) is 18.5 Å². The Labute approximate surface area is 154 Å². The van der Waals surface area contributed by atoms with Crippen molar-refractivity contribution in [1.29, 1.82) is 0 Å². The standard InChI is InChI=1S/C17H21F3N2O3S/c1-3-11(4-2)21-16(24)14-9-22(15(23)10-26-17(18,19)20)12-7-5-6-8-13(12)25-14/h5-8,11,14H,3-4,9-10H2,1-2H3,(H,21,24). The SMILES string of the molecule is CCC(CC)NC(=O)C1CN(C(=O)CSC(F)(F)F)c2ccccc2O1. The summed E-state index contributed by atoms with van der Waals surface area (Å²) in [5, 5.41) is 2.85. The number of carbonyl (C=O) groups is 2. The number of fused-ring (bicyclic) bond motifs is 1. The van der Waals surface area contributed by atoms with Gasteiger partial charge in [0.1, 0.15) is 5.75 Å². The molecule has 0 spiro atoms. The number of nitrogens with one attached hydrogen (secondary N) is 1. The van der Waals surface area contributed by atoms with Crippen molar-refractivity contribution in [3.63, 3.8) is 0 Å². The van der Waals surface area contributed by atoms with E-state index < -0.39 is 35.0 Å². The van der Waals surface area contributed by atoms with Crippen molar-refractivity contribution in [1.82, 2.24) is 5.32 Å². The number of carbonyl (C=O) groups excluding carboxylic acids is 2. The van der Waals surface area contributed by atoms with E-state index in [0.29, 0.717) is 11.4 Å². The first kappa shape index (κ1) is 20.4. The molecule has 0 saturated heterocycles. The van der Waals surface area contributed by atoms with E-state index >= 15 is 0 Å². The molecule has 1 aliphatic rings. The second-order valence-electron chi connectivity index (χ2n) is 5.83. The molecule has 0 fully saturated rings. The number of hydrogen-bond acceptors (Lipinski definition) is 4. The normalized spacial score (nSPS) is 16.8. The van der Waals surface area contributed by atoms with Crippen LogP contribution in [0.1, 0.15) is 26.7 Å². The molecule has 1 N–H and O–H groups in total. The number of rotatable bonds is 6. The highest BCUT2D eigenvalue weighted by atomic mass is 32.2. The Morgan fingerprint density at radius 2 is 1.96 bits per heavy atom. The van der Waals surface area contributed by atoms with Crippen LogP contribution in [0, 0.1) is 0 Å². The molecule has 2 rings (SSSR count). The van der Waals surface area contributed by atoms with Crippen LogP contribution < -0.4 is 15.0 Å². The lowest BCUT2D eigenvalue weighted by molar-refractivity contribution is -0.129. The maximum absolute atomic E-state index is 12.5. The number of benzene rings is 1. The van der Waals surface area contributed by atoms with Gasteiger partial charge in [0.2, 0.25) is 5.91 Å². The topological polar surface area (TPSA) is 58.6 Å². The molecule has 2 amide bonds. The van der Waals surface area contributed by atoms with Crippen LogP contribution in [0.25, 0.3) is 0 Å². The molecule has 0 bridgehead atoms. The van der Waals surface area contributed by atoms with Gasteiger partial charge in [0.25, 0.3) is 5.91 Å².